The molecule has 12 nitrogen and oxygen atoms in total. The van der Waals surface area contributed by atoms with Crippen molar-refractivity contribution in [2.24, 2.45) is 11.7 Å². The molecule has 2 atom stereocenters. The summed E-state index contributed by atoms with van der Waals surface area (Å²) in [5, 5.41) is 18.7. The van der Waals surface area contributed by atoms with E-state index in [1.165, 1.54) is 6.07 Å². The van der Waals surface area contributed by atoms with Crippen LogP contribution in [0.25, 0.3) is 10.9 Å². The highest BCUT2D eigenvalue weighted by atomic mass is 16.5. The molecule has 0 saturated carbocycles. The third kappa shape index (κ3) is 8.64. The molecular formula is C29H35N5O7. The lowest BCUT2D eigenvalue weighted by atomic mass is 10.0. The van der Waals surface area contributed by atoms with E-state index >= 15 is 0 Å². The van der Waals surface area contributed by atoms with Gasteiger partial charge in [-0.25, -0.2) is 4.98 Å². The van der Waals surface area contributed by atoms with Crippen molar-refractivity contribution in [1.29, 1.82) is 0 Å². The highest BCUT2D eigenvalue weighted by Gasteiger charge is 2.31. The third-order valence-electron chi connectivity index (χ3n) is 6.23. The molecule has 0 saturated heterocycles. The van der Waals surface area contributed by atoms with Crippen LogP contribution in [0.3, 0.4) is 0 Å². The van der Waals surface area contributed by atoms with Crippen molar-refractivity contribution < 1.29 is 33.8 Å². The quantitative estimate of drug-likeness (QED) is 0.151. The van der Waals surface area contributed by atoms with Gasteiger partial charge in [0.25, 0.3) is 5.91 Å². The van der Waals surface area contributed by atoms with Gasteiger partial charge in [0.1, 0.15) is 17.8 Å². The number of rotatable bonds is 13. The number of hydrogen-bond acceptors (Lipinski definition) is 9. The Morgan fingerprint density at radius 2 is 1.76 bits per heavy atom. The summed E-state index contributed by atoms with van der Waals surface area (Å²) in [4.78, 5) is 55.5. The number of fused-ring (bicyclic) bond motifs is 1. The fourth-order valence-corrected chi connectivity index (χ4v) is 3.98. The molecule has 1 aromatic heterocycles. The molecule has 3 amide bonds. The van der Waals surface area contributed by atoms with Gasteiger partial charge in [0.05, 0.1) is 19.0 Å². The number of phenols is 1. The van der Waals surface area contributed by atoms with Crippen molar-refractivity contribution >= 4 is 34.6 Å². The maximum absolute atomic E-state index is 13.2. The molecule has 0 aliphatic heterocycles. The minimum Gasteiger partial charge on any atom is -0.504 e. The Morgan fingerprint density at radius 1 is 1.00 bits per heavy atom. The number of carbonyl (C=O) groups is 4. The van der Waals surface area contributed by atoms with Gasteiger partial charge in [-0.2, -0.15) is 0 Å². The number of aromatic nitrogens is 1. The normalized spacial score (nSPS) is 12.3. The van der Waals surface area contributed by atoms with Crippen molar-refractivity contribution in [3.05, 3.63) is 65.9 Å². The summed E-state index contributed by atoms with van der Waals surface area (Å²) in [6.07, 6.45) is 0.119. The zero-order valence-electron chi connectivity index (χ0n) is 23.2. The van der Waals surface area contributed by atoms with Gasteiger partial charge in [0.15, 0.2) is 18.2 Å². The first kappa shape index (κ1) is 30.8. The van der Waals surface area contributed by atoms with Gasteiger partial charge in [-0.15, -0.1) is 0 Å². The predicted molar refractivity (Wildman–Crippen MR) is 151 cm³/mol. The molecule has 3 aromatic rings. The molecule has 0 radical (unpaired) electrons. The van der Waals surface area contributed by atoms with E-state index in [0.29, 0.717) is 18.5 Å². The molecule has 218 valence electrons. The van der Waals surface area contributed by atoms with Crippen LogP contribution in [0.5, 0.6) is 11.5 Å². The highest BCUT2D eigenvalue weighted by Crippen LogP contribution is 2.26. The number of pyridine rings is 1. The molecular weight excluding hydrogens is 530 g/mol. The molecule has 0 fully saturated rings. The summed E-state index contributed by atoms with van der Waals surface area (Å²) in [5.41, 5.74) is 7.11. The lowest BCUT2D eigenvalue weighted by molar-refractivity contribution is -0.144. The minimum atomic E-state index is -1.32. The maximum atomic E-state index is 13.2. The highest BCUT2D eigenvalue weighted by molar-refractivity contribution is 5.99. The summed E-state index contributed by atoms with van der Waals surface area (Å²) in [7, 11) is 1.16. The zero-order valence-corrected chi connectivity index (χ0v) is 23.2. The number of benzene rings is 2. The second kappa shape index (κ2) is 14.6. The first-order chi connectivity index (χ1) is 19.6. The van der Waals surface area contributed by atoms with Crippen LogP contribution >= 0.6 is 0 Å². The topological polar surface area (TPSA) is 182 Å². The molecule has 0 bridgehead atoms. The Kier molecular flexibility index (Phi) is 11.0. The van der Waals surface area contributed by atoms with Gasteiger partial charge in [0.2, 0.25) is 11.8 Å². The van der Waals surface area contributed by atoms with Crippen molar-refractivity contribution in [1.82, 2.24) is 20.9 Å². The summed E-state index contributed by atoms with van der Waals surface area (Å²) in [6.45, 7) is 3.53. The lowest BCUT2D eigenvalue weighted by Gasteiger charge is -2.25. The van der Waals surface area contributed by atoms with Crippen LogP contribution in [0.2, 0.25) is 0 Å². The Bertz CT molecular complexity index is 1390. The average molecular weight is 566 g/mol. The summed E-state index contributed by atoms with van der Waals surface area (Å²) in [5.74, 6) is -3.06. The zero-order chi connectivity index (χ0) is 29.9. The van der Waals surface area contributed by atoms with E-state index < -0.39 is 42.2 Å². The monoisotopic (exact) mass is 565 g/mol. The Hall–Kier alpha value is -4.71. The van der Waals surface area contributed by atoms with Crippen LogP contribution in [0.1, 0.15) is 36.3 Å². The number of nitrogens with two attached hydrogens (primary N) is 1. The van der Waals surface area contributed by atoms with Gasteiger partial charge >= 0.3 is 5.97 Å². The third-order valence-corrected chi connectivity index (χ3v) is 6.23. The van der Waals surface area contributed by atoms with Gasteiger partial charge < -0.3 is 36.3 Å². The molecule has 6 N–H and O–H groups in total. The fraction of sp³-hybridized carbons (Fsp3) is 0.345. The van der Waals surface area contributed by atoms with Crippen LogP contribution in [0.4, 0.5) is 0 Å². The molecule has 0 aliphatic carbocycles. The molecule has 1 heterocycles. The van der Waals surface area contributed by atoms with Crippen LogP contribution < -0.4 is 26.4 Å². The largest absolute Gasteiger partial charge is 0.504 e. The van der Waals surface area contributed by atoms with E-state index in [4.69, 9.17) is 10.5 Å². The van der Waals surface area contributed by atoms with Crippen molar-refractivity contribution in [2.75, 3.05) is 20.4 Å². The second-order valence-corrected chi connectivity index (χ2v) is 9.60. The molecule has 12 heteroatoms. The number of carbonyl (C=O) groups excluding carboxylic acids is 4. The van der Waals surface area contributed by atoms with Crippen LogP contribution in [0, 0.1) is 5.92 Å². The smallest absolute Gasteiger partial charge is 0.308 e. The van der Waals surface area contributed by atoms with E-state index in [1.807, 2.05) is 12.1 Å². The van der Waals surface area contributed by atoms with Gasteiger partial charge in [-0.1, -0.05) is 44.2 Å². The van der Waals surface area contributed by atoms with Crippen LogP contribution in [-0.2, 0) is 25.5 Å². The molecule has 0 aliphatic rings. The van der Waals surface area contributed by atoms with Crippen LogP contribution in [0.15, 0.2) is 54.6 Å². The number of amides is 3. The fourth-order valence-electron chi connectivity index (χ4n) is 3.98. The Morgan fingerprint density at radius 3 is 2.44 bits per heavy atom. The minimum absolute atomic E-state index is 0.124. The summed E-state index contributed by atoms with van der Waals surface area (Å²) in [6, 6.07) is 13.1. The van der Waals surface area contributed by atoms with E-state index in [9.17, 15) is 24.3 Å². The number of methoxy groups -OCH3 is 1. The van der Waals surface area contributed by atoms with E-state index in [-0.39, 0.29) is 29.8 Å². The Labute approximate surface area is 237 Å². The number of hydrogen-bond donors (Lipinski definition) is 5. The molecule has 2 aromatic carbocycles. The molecule has 41 heavy (non-hydrogen) atoms. The van der Waals surface area contributed by atoms with Crippen molar-refractivity contribution in [2.45, 2.75) is 38.8 Å². The Balaban J connectivity index is 1.66. The first-order valence-electron chi connectivity index (χ1n) is 13.1. The van der Waals surface area contributed by atoms with E-state index in [2.05, 4.69) is 25.7 Å². The number of nitrogens with one attached hydrogen (secondary N) is 3. The van der Waals surface area contributed by atoms with Crippen molar-refractivity contribution in [3.8, 4) is 11.5 Å². The maximum Gasteiger partial charge on any atom is 0.308 e. The number of para-hydroxylation sites is 1. The van der Waals surface area contributed by atoms with Crippen LogP contribution in [-0.4, -0.2) is 66.3 Å². The number of esters is 1. The van der Waals surface area contributed by atoms with Gasteiger partial charge in [-0.3, -0.25) is 19.2 Å². The van der Waals surface area contributed by atoms with Gasteiger partial charge in [0, 0.05) is 5.39 Å². The standard InChI is InChI=1S/C29H35N5O7/c1-17(2)26(34-28(38)21-10-9-19-6-4-5-7-20(19)32-21)29(39)33-22(15-25(36)40-3)27(37)31-16-41-24-11-8-18(12-13-30)14-23(24)35/h4-11,14,17,22,26,35H,12-13,15-16,30H2,1-3H3,(H,31,37)(H,33,39)(H,34,38). The molecule has 2 unspecified atom stereocenters. The number of nitrogens with zero attached hydrogens (tertiary/aromatic N) is 1. The average Bonchev–Trinajstić information content (AvgIpc) is 2.95. The van der Waals surface area contributed by atoms with E-state index in [0.717, 1.165) is 18.1 Å². The molecule has 0 spiro atoms. The SMILES string of the molecule is COC(=O)CC(NC(=O)C(NC(=O)c1ccc2ccccc2n1)C(C)C)C(=O)NCOc1ccc(CCN)cc1O. The summed E-state index contributed by atoms with van der Waals surface area (Å²) < 4.78 is 10.1. The predicted octanol–water partition coefficient (Wildman–Crippen LogP) is 1.40. The number of phenolic OH excluding ortho intramolecular Hbond substituents is 1. The second-order valence-electron chi connectivity index (χ2n) is 9.60. The van der Waals surface area contributed by atoms with Crippen molar-refractivity contribution in [3.63, 3.8) is 0 Å². The number of ether oxygens (including phenoxy) is 2. The summed E-state index contributed by atoms with van der Waals surface area (Å²) >= 11 is 0. The number of aromatic hydroxyl groups is 1. The molecule has 3 rings (SSSR count). The lowest BCUT2D eigenvalue weighted by Crippen LogP contribution is -2.56. The van der Waals surface area contributed by atoms with Gasteiger partial charge in [-0.05, 0) is 48.7 Å². The first-order valence-corrected chi connectivity index (χ1v) is 13.1. The van der Waals surface area contributed by atoms with E-state index in [1.54, 1.807) is 50.2 Å².